The maximum Gasteiger partial charge on any atom is 0.410 e. The predicted molar refractivity (Wildman–Crippen MR) is 120 cm³/mol. The van der Waals surface area contributed by atoms with Gasteiger partial charge < -0.3 is 25.6 Å². The first-order valence-electron chi connectivity index (χ1n) is 10.5. The SMILES string of the molecule is CCCN(CCNC(=NC)NCC1CC(=O)Nc2ccccc21)C(=O)OC(C)(C)C. The molecule has 1 unspecified atom stereocenters. The smallest absolute Gasteiger partial charge is 0.410 e. The lowest BCUT2D eigenvalue weighted by atomic mass is 9.90. The van der Waals surface area contributed by atoms with E-state index in [2.05, 4.69) is 20.9 Å². The van der Waals surface area contributed by atoms with Crippen molar-refractivity contribution in [3.05, 3.63) is 29.8 Å². The van der Waals surface area contributed by atoms with Gasteiger partial charge >= 0.3 is 6.09 Å². The Labute approximate surface area is 179 Å². The molecule has 1 aliphatic rings. The largest absolute Gasteiger partial charge is 0.444 e. The van der Waals surface area contributed by atoms with Crippen molar-refractivity contribution in [2.45, 2.75) is 52.1 Å². The van der Waals surface area contributed by atoms with Crippen LogP contribution in [0.15, 0.2) is 29.3 Å². The number of aliphatic imine (C=N–C) groups is 1. The van der Waals surface area contributed by atoms with Crippen LogP contribution in [0, 0.1) is 0 Å². The van der Waals surface area contributed by atoms with Crippen LogP contribution >= 0.6 is 0 Å². The van der Waals surface area contributed by atoms with Crippen LogP contribution in [0.3, 0.4) is 0 Å². The molecule has 2 amide bonds. The molecule has 0 spiro atoms. The molecule has 0 saturated carbocycles. The second kappa shape index (κ2) is 10.8. The summed E-state index contributed by atoms with van der Waals surface area (Å²) in [7, 11) is 1.70. The van der Waals surface area contributed by atoms with Crippen LogP contribution in [0.2, 0.25) is 0 Å². The van der Waals surface area contributed by atoms with E-state index in [1.54, 1.807) is 11.9 Å². The zero-order chi connectivity index (χ0) is 22.1. The van der Waals surface area contributed by atoms with Crippen LogP contribution in [0.1, 0.15) is 52.0 Å². The normalized spacial score (nSPS) is 16.4. The highest BCUT2D eigenvalue weighted by atomic mass is 16.6. The molecule has 1 atom stereocenters. The van der Waals surface area contributed by atoms with Crippen LogP contribution < -0.4 is 16.0 Å². The molecular weight excluding hydrogens is 382 g/mol. The van der Waals surface area contributed by atoms with Crippen LogP contribution in [-0.2, 0) is 9.53 Å². The number of nitrogens with one attached hydrogen (secondary N) is 3. The Bertz CT molecular complexity index is 757. The minimum atomic E-state index is -0.517. The van der Waals surface area contributed by atoms with Crippen LogP contribution in [0.25, 0.3) is 0 Å². The molecule has 0 saturated heterocycles. The minimum Gasteiger partial charge on any atom is -0.444 e. The summed E-state index contributed by atoms with van der Waals surface area (Å²) < 4.78 is 5.48. The predicted octanol–water partition coefficient (Wildman–Crippen LogP) is 2.92. The molecule has 2 rings (SSSR count). The number of benzene rings is 1. The van der Waals surface area contributed by atoms with Gasteiger partial charge in [0.1, 0.15) is 5.60 Å². The van der Waals surface area contributed by atoms with Gasteiger partial charge in [-0.2, -0.15) is 0 Å². The highest BCUT2D eigenvalue weighted by Crippen LogP contribution is 2.31. The first-order chi connectivity index (χ1) is 14.2. The van der Waals surface area contributed by atoms with Crippen LogP contribution in [0.4, 0.5) is 10.5 Å². The number of nitrogens with zero attached hydrogens (tertiary/aromatic N) is 2. The van der Waals surface area contributed by atoms with Gasteiger partial charge in [0.2, 0.25) is 5.91 Å². The third-order valence-corrected chi connectivity index (χ3v) is 4.67. The van der Waals surface area contributed by atoms with Crippen molar-refractivity contribution in [3.63, 3.8) is 0 Å². The molecular formula is C22H35N5O3. The lowest BCUT2D eigenvalue weighted by Gasteiger charge is -2.28. The number of para-hydroxylation sites is 1. The standard InChI is InChI=1S/C22H35N5O3/c1-6-12-27(21(29)30-22(2,3)4)13-11-24-20(23-5)25-15-16-14-19(28)26-18-10-8-7-9-17(16)18/h7-10,16H,6,11-15H2,1-5H3,(H,26,28)(H2,23,24,25). The average Bonchev–Trinajstić information content (AvgIpc) is 2.68. The zero-order valence-corrected chi connectivity index (χ0v) is 18.7. The lowest BCUT2D eigenvalue weighted by Crippen LogP contribution is -2.45. The van der Waals surface area contributed by atoms with Crippen molar-refractivity contribution < 1.29 is 14.3 Å². The van der Waals surface area contributed by atoms with Gasteiger partial charge in [-0.15, -0.1) is 0 Å². The molecule has 0 aromatic heterocycles. The minimum absolute atomic E-state index is 0.0241. The monoisotopic (exact) mass is 417 g/mol. The van der Waals surface area contributed by atoms with E-state index >= 15 is 0 Å². The van der Waals surface area contributed by atoms with Crippen LogP contribution in [0.5, 0.6) is 0 Å². The van der Waals surface area contributed by atoms with Crippen molar-refractivity contribution in [3.8, 4) is 0 Å². The Balaban J connectivity index is 1.86. The summed E-state index contributed by atoms with van der Waals surface area (Å²) in [5.41, 5.74) is 1.48. The first kappa shape index (κ1) is 23.5. The van der Waals surface area contributed by atoms with E-state index in [0.717, 1.165) is 17.7 Å². The van der Waals surface area contributed by atoms with Gasteiger partial charge in [0, 0.05) is 51.3 Å². The van der Waals surface area contributed by atoms with E-state index in [9.17, 15) is 9.59 Å². The molecule has 166 valence electrons. The van der Waals surface area contributed by atoms with Crippen molar-refractivity contribution >= 4 is 23.6 Å². The van der Waals surface area contributed by atoms with Gasteiger partial charge in [-0.25, -0.2) is 4.79 Å². The molecule has 3 N–H and O–H groups in total. The Hall–Kier alpha value is -2.77. The highest BCUT2D eigenvalue weighted by Gasteiger charge is 2.25. The van der Waals surface area contributed by atoms with Gasteiger partial charge in [0.15, 0.2) is 5.96 Å². The van der Waals surface area contributed by atoms with E-state index < -0.39 is 5.60 Å². The molecule has 8 heteroatoms. The number of hydrogen-bond acceptors (Lipinski definition) is 4. The maximum absolute atomic E-state index is 12.4. The second-order valence-electron chi connectivity index (χ2n) is 8.38. The van der Waals surface area contributed by atoms with Gasteiger partial charge in [0.25, 0.3) is 0 Å². The number of carbonyl (C=O) groups is 2. The van der Waals surface area contributed by atoms with E-state index in [0.29, 0.717) is 38.6 Å². The first-order valence-corrected chi connectivity index (χ1v) is 10.5. The third kappa shape index (κ3) is 7.24. The summed E-state index contributed by atoms with van der Waals surface area (Å²) in [6, 6.07) is 7.86. The molecule has 0 radical (unpaired) electrons. The zero-order valence-electron chi connectivity index (χ0n) is 18.7. The Morgan fingerprint density at radius 1 is 1.27 bits per heavy atom. The molecule has 30 heavy (non-hydrogen) atoms. The Morgan fingerprint density at radius 3 is 2.67 bits per heavy atom. The number of guanidine groups is 1. The molecule has 0 fully saturated rings. The van der Waals surface area contributed by atoms with Crippen molar-refractivity contribution in [1.29, 1.82) is 0 Å². The Morgan fingerprint density at radius 2 is 2.00 bits per heavy atom. The van der Waals surface area contributed by atoms with E-state index in [4.69, 9.17) is 4.74 Å². The topological polar surface area (TPSA) is 95.1 Å². The van der Waals surface area contributed by atoms with E-state index in [1.165, 1.54) is 0 Å². The summed E-state index contributed by atoms with van der Waals surface area (Å²) in [6.45, 7) is 9.90. The number of hydrogen-bond donors (Lipinski definition) is 3. The number of anilines is 1. The van der Waals surface area contributed by atoms with Crippen LogP contribution in [-0.4, -0.2) is 61.7 Å². The fraction of sp³-hybridized carbons (Fsp3) is 0.591. The fourth-order valence-corrected chi connectivity index (χ4v) is 3.32. The second-order valence-corrected chi connectivity index (χ2v) is 8.38. The summed E-state index contributed by atoms with van der Waals surface area (Å²) >= 11 is 0. The van der Waals surface area contributed by atoms with Crippen molar-refractivity contribution in [1.82, 2.24) is 15.5 Å². The summed E-state index contributed by atoms with van der Waals surface area (Å²) in [5.74, 6) is 0.738. The summed E-state index contributed by atoms with van der Waals surface area (Å²) in [6.07, 6.45) is 0.984. The highest BCUT2D eigenvalue weighted by molar-refractivity contribution is 5.94. The molecule has 1 aliphatic heterocycles. The van der Waals surface area contributed by atoms with E-state index in [1.807, 2.05) is 52.0 Å². The average molecular weight is 418 g/mol. The van der Waals surface area contributed by atoms with Gasteiger partial charge in [-0.1, -0.05) is 25.1 Å². The number of carbonyl (C=O) groups excluding carboxylic acids is 2. The number of ether oxygens (including phenoxy) is 1. The molecule has 8 nitrogen and oxygen atoms in total. The molecule has 1 aromatic rings. The number of fused-ring (bicyclic) bond motifs is 1. The third-order valence-electron chi connectivity index (χ3n) is 4.67. The molecule has 1 aromatic carbocycles. The Kier molecular flexibility index (Phi) is 8.50. The number of amides is 2. The van der Waals surface area contributed by atoms with E-state index in [-0.39, 0.29) is 17.9 Å². The van der Waals surface area contributed by atoms with Gasteiger partial charge in [0.05, 0.1) is 0 Å². The molecule has 0 aliphatic carbocycles. The summed E-state index contributed by atoms with van der Waals surface area (Å²) in [5, 5.41) is 9.45. The molecule has 0 bridgehead atoms. The van der Waals surface area contributed by atoms with Gasteiger partial charge in [-0.3, -0.25) is 9.79 Å². The summed E-state index contributed by atoms with van der Waals surface area (Å²) in [4.78, 5) is 30.3. The number of rotatable bonds is 7. The fourth-order valence-electron chi connectivity index (χ4n) is 3.32. The lowest BCUT2D eigenvalue weighted by molar-refractivity contribution is -0.116. The van der Waals surface area contributed by atoms with Crippen molar-refractivity contribution in [2.75, 3.05) is 38.5 Å². The van der Waals surface area contributed by atoms with Crippen molar-refractivity contribution in [2.24, 2.45) is 4.99 Å². The van der Waals surface area contributed by atoms with Gasteiger partial charge in [-0.05, 0) is 38.8 Å². The molecule has 1 heterocycles. The quantitative estimate of drug-likeness (QED) is 0.468. The maximum atomic E-state index is 12.4.